The van der Waals surface area contributed by atoms with E-state index in [1.807, 2.05) is 78.1 Å². The topological polar surface area (TPSA) is 65.0 Å². The molecule has 0 bridgehead atoms. The molecule has 2 rings (SSSR count). The van der Waals surface area contributed by atoms with Crippen LogP contribution in [0.25, 0.3) is 5.57 Å². The van der Waals surface area contributed by atoms with Gasteiger partial charge < -0.3 is 20.1 Å². The van der Waals surface area contributed by atoms with Crippen molar-refractivity contribution >= 4 is 23.3 Å². The number of carbonyl (C=O) groups is 1. The zero-order valence-corrected chi connectivity index (χ0v) is 22.4. The van der Waals surface area contributed by atoms with Gasteiger partial charge in [0.05, 0.1) is 18.7 Å². The number of nitrogens with zero attached hydrogens (tertiary/aromatic N) is 2. The maximum Gasteiger partial charge on any atom is 0.410 e. The molecule has 2 atom stereocenters. The molecule has 2 unspecified atom stereocenters. The molecule has 1 aromatic rings. The molecule has 6 nitrogen and oxygen atoms in total. The molecule has 1 heterocycles. The van der Waals surface area contributed by atoms with Crippen molar-refractivity contribution in [2.45, 2.75) is 59.2 Å². The van der Waals surface area contributed by atoms with E-state index in [0.717, 1.165) is 11.1 Å². The van der Waals surface area contributed by atoms with Crippen LogP contribution >= 0.6 is 11.6 Å². The molecule has 1 saturated heterocycles. The molecule has 0 aromatic heterocycles. The number of amides is 1. The quantitative estimate of drug-likeness (QED) is 0.460. The number of ether oxygens (including phenoxy) is 1. The number of halogens is 1. The van der Waals surface area contributed by atoms with E-state index < -0.39 is 5.60 Å². The molecule has 7 heteroatoms. The van der Waals surface area contributed by atoms with Crippen molar-refractivity contribution in [3.63, 3.8) is 0 Å². The summed E-state index contributed by atoms with van der Waals surface area (Å²) in [6.07, 6.45) is 5.42. The number of aliphatic hydroxyl groups excluding tert-OH is 1. The fourth-order valence-corrected chi connectivity index (χ4v) is 3.97. The summed E-state index contributed by atoms with van der Waals surface area (Å²) < 4.78 is 5.53. The molecule has 1 aliphatic rings. The van der Waals surface area contributed by atoms with Gasteiger partial charge in [-0.1, -0.05) is 50.2 Å². The highest BCUT2D eigenvalue weighted by molar-refractivity contribution is 6.30. The number of benzene rings is 1. The van der Waals surface area contributed by atoms with Gasteiger partial charge in [-0.15, -0.1) is 6.58 Å². The molecule has 0 saturated carbocycles. The summed E-state index contributed by atoms with van der Waals surface area (Å²) in [6.45, 7) is 21.9. The molecule has 1 fully saturated rings. The smallest absolute Gasteiger partial charge is 0.410 e. The van der Waals surface area contributed by atoms with Crippen LogP contribution in [0.4, 0.5) is 4.79 Å². The largest absolute Gasteiger partial charge is 0.444 e. The normalized spacial score (nSPS) is 16.3. The summed E-state index contributed by atoms with van der Waals surface area (Å²) in [6, 6.07) is 5.47. The van der Waals surface area contributed by atoms with Crippen molar-refractivity contribution in [3.8, 4) is 0 Å². The Hall–Kier alpha value is -2.28. The van der Waals surface area contributed by atoms with Crippen LogP contribution in [0.3, 0.4) is 0 Å². The van der Waals surface area contributed by atoms with E-state index in [1.54, 1.807) is 4.90 Å². The summed E-state index contributed by atoms with van der Waals surface area (Å²) in [5, 5.41) is 13.8. The highest BCUT2D eigenvalue weighted by atomic mass is 35.5. The van der Waals surface area contributed by atoms with Crippen LogP contribution in [0.2, 0.25) is 5.02 Å². The minimum atomic E-state index is -0.524. The van der Waals surface area contributed by atoms with E-state index in [4.69, 9.17) is 16.3 Å². The van der Waals surface area contributed by atoms with Crippen LogP contribution in [0.15, 0.2) is 49.7 Å². The molecule has 1 amide bonds. The Balaban J connectivity index is 0.00000281. The first-order valence-corrected chi connectivity index (χ1v) is 12.3. The van der Waals surface area contributed by atoms with Gasteiger partial charge in [-0.3, -0.25) is 4.90 Å². The standard InChI is InChI=1S/C25H36ClN3O3.C2H6/c1-7-11-27-22(8-2)23(20-10-9-19(26)16-21(20)18(3)17-30)28-12-14-29(15-13-28)24(31)32-25(4,5)6;1-2/h7-11,16,22-23,27,30H,2-3,12-15,17H2,1,4-6H3;1-2H3/b11-7-;. The van der Waals surface area contributed by atoms with E-state index in [-0.39, 0.29) is 24.8 Å². The van der Waals surface area contributed by atoms with E-state index >= 15 is 0 Å². The zero-order chi connectivity index (χ0) is 25.9. The highest BCUT2D eigenvalue weighted by Crippen LogP contribution is 2.34. The van der Waals surface area contributed by atoms with Gasteiger partial charge in [-0.25, -0.2) is 4.79 Å². The molecule has 190 valence electrons. The molecule has 34 heavy (non-hydrogen) atoms. The molecule has 0 spiro atoms. The van der Waals surface area contributed by atoms with Crippen LogP contribution in [0.1, 0.15) is 58.7 Å². The van der Waals surface area contributed by atoms with Crippen LogP contribution in [-0.2, 0) is 4.74 Å². The maximum atomic E-state index is 12.5. The van der Waals surface area contributed by atoms with Gasteiger partial charge in [-0.2, -0.15) is 0 Å². The van der Waals surface area contributed by atoms with Crippen molar-refractivity contribution in [2.24, 2.45) is 0 Å². The Morgan fingerprint density at radius 3 is 2.38 bits per heavy atom. The number of nitrogens with one attached hydrogen (secondary N) is 1. The lowest BCUT2D eigenvalue weighted by atomic mass is 9.90. The van der Waals surface area contributed by atoms with E-state index in [0.29, 0.717) is 36.8 Å². The number of aliphatic hydroxyl groups is 1. The average Bonchev–Trinajstić information content (AvgIpc) is 2.82. The van der Waals surface area contributed by atoms with Crippen molar-refractivity contribution in [2.75, 3.05) is 32.8 Å². The van der Waals surface area contributed by atoms with Gasteiger partial charge >= 0.3 is 6.09 Å². The summed E-state index contributed by atoms with van der Waals surface area (Å²) in [5.41, 5.74) is 1.91. The van der Waals surface area contributed by atoms with E-state index in [1.165, 1.54) is 0 Å². The predicted molar refractivity (Wildman–Crippen MR) is 143 cm³/mol. The van der Waals surface area contributed by atoms with Crippen LogP contribution in [0, 0.1) is 0 Å². The van der Waals surface area contributed by atoms with Gasteiger partial charge in [-0.05, 0) is 62.7 Å². The second-order valence-corrected chi connectivity index (χ2v) is 9.31. The Morgan fingerprint density at radius 2 is 1.88 bits per heavy atom. The summed E-state index contributed by atoms with van der Waals surface area (Å²) >= 11 is 6.27. The number of carbonyl (C=O) groups excluding carboxylic acids is 1. The Morgan fingerprint density at radius 1 is 1.26 bits per heavy atom. The first-order valence-electron chi connectivity index (χ1n) is 11.9. The van der Waals surface area contributed by atoms with Crippen molar-refractivity contribution in [1.29, 1.82) is 0 Å². The van der Waals surface area contributed by atoms with Crippen LogP contribution in [-0.4, -0.2) is 65.4 Å². The lowest BCUT2D eigenvalue weighted by molar-refractivity contribution is 0.00914. The molecular weight excluding hydrogens is 450 g/mol. The van der Waals surface area contributed by atoms with Gasteiger partial charge in [0.2, 0.25) is 0 Å². The van der Waals surface area contributed by atoms with Crippen molar-refractivity contribution < 1.29 is 14.6 Å². The number of piperazine rings is 1. The van der Waals surface area contributed by atoms with Gasteiger partial charge in [0.1, 0.15) is 5.60 Å². The first kappa shape index (κ1) is 29.8. The summed E-state index contributed by atoms with van der Waals surface area (Å²) in [7, 11) is 0. The van der Waals surface area contributed by atoms with Crippen LogP contribution in [0.5, 0.6) is 0 Å². The van der Waals surface area contributed by atoms with Crippen LogP contribution < -0.4 is 5.32 Å². The predicted octanol–water partition coefficient (Wildman–Crippen LogP) is 5.64. The van der Waals surface area contributed by atoms with E-state index in [2.05, 4.69) is 23.4 Å². The molecule has 1 aromatic carbocycles. The number of hydrogen-bond acceptors (Lipinski definition) is 5. The van der Waals surface area contributed by atoms with Gasteiger partial charge in [0.15, 0.2) is 0 Å². The maximum absolute atomic E-state index is 12.5. The molecule has 2 N–H and O–H groups in total. The van der Waals surface area contributed by atoms with Crippen molar-refractivity contribution in [3.05, 3.63) is 65.9 Å². The molecule has 0 radical (unpaired) electrons. The minimum Gasteiger partial charge on any atom is -0.444 e. The zero-order valence-electron chi connectivity index (χ0n) is 21.6. The highest BCUT2D eigenvalue weighted by Gasteiger charge is 2.33. The summed E-state index contributed by atoms with van der Waals surface area (Å²) in [4.78, 5) is 16.6. The third-order valence-corrected chi connectivity index (χ3v) is 5.55. The third-order valence-electron chi connectivity index (χ3n) is 5.31. The second-order valence-electron chi connectivity index (χ2n) is 8.87. The Kier molecular flexibility index (Phi) is 12.4. The number of allylic oxidation sites excluding steroid dienone is 1. The summed E-state index contributed by atoms with van der Waals surface area (Å²) in [5.74, 6) is 0. The SMILES string of the molecule is C=CC(N/C=C\C)C(c1ccc(Cl)cc1C(=C)CO)N1CCN(C(=O)OC(C)(C)C)CC1.CC. The second kappa shape index (κ2) is 14.2. The lowest BCUT2D eigenvalue weighted by Gasteiger charge is -2.42. The molecular formula is C27H42ClN3O3. The number of hydrogen-bond donors (Lipinski definition) is 2. The Bertz CT molecular complexity index is 840. The third kappa shape index (κ3) is 8.49. The van der Waals surface area contributed by atoms with E-state index in [9.17, 15) is 9.90 Å². The fraction of sp³-hybridized carbons (Fsp3) is 0.519. The lowest BCUT2D eigenvalue weighted by Crippen LogP contribution is -2.53. The van der Waals surface area contributed by atoms with Crippen molar-refractivity contribution in [1.82, 2.24) is 15.1 Å². The minimum absolute atomic E-state index is 0.0972. The fourth-order valence-electron chi connectivity index (χ4n) is 3.80. The first-order chi connectivity index (χ1) is 16.1. The monoisotopic (exact) mass is 491 g/mol. The van der Waals surface area contributed by atoms with Gasteiger partial charge in [0, 0.05) is 31.2 Å². The molecule has 1 aliphatic heterocycles. The molecule has 0 aliphatic carbocycles. The number of rotatable bonds is 8. The van der Waals surface area contributed by atoms with Gasteiger partial charge in [0.25, 0.3) is 0 Å². The Labute approximate surface area is 210 Å². The average molecular weight is 492 g/mol.